The van der Waals surface area contributed by atoms with Crippen LogP contribution >= 0.6 is 0 Å². The number of hydrogen-bond acceptors (Lipinski definition) is 4. The zero-order chi connectivity index (χ0) is 15.9. The van der Waals surface area contributed by atoms with Gasteiger partial charge in [0, 0.05) is 18.9 Å². The lowest BCUT2D eigenvalue weighted by Gasteiger charge is -2.12. The molecule has 0 spiro atoms. The van der Waals surface area contributed by atoms with E-state index in [2.05, 4.69) is 42.1 Å². The van der Waals surface area contributed by atoms with Crippen LogP contribution < -0.4 is 10.1 Å². The van der Waals surface area contributed by atoms with Crippen LogP contribution in [0.4, 0.5) is 0 Å². The van der Waals surface area contributed by atoms with Gasteiger partial charge in [-0.05, 0) is 49.9 Å². The molecule has 22 heavy (non-hydrogen) atoms. The molecule has 5 heteroatoms. The number of nitrogens with zero attached hydrogens (tertiary/aromatic N) is 2. The average Bonchev–Trinajstić information content (AvgIpc) is 2.52. The molecule has 0 saturated carbocycles. The maximum Gasteiger partial charge on any atom is 0.271 e. The maximum atomic E-state index is 11.8. The third-order valence-electron chi connectivity index (χ3n) is 3.42. The van der Waals surface area contributed by atoms with Gasteiger partial charge >= 0.3 is 0 Å². The molecular weight excluding hydrogens is 278 g/mol. The first-order valence-corrected chi connectivity index (χ1v) is 7.33. The minimum atomic E-state index is -0.212. The fraction of sp³-hybridized carbons (Fsp3) is 0.353. The Hall–Kier alpha value is -2.43. The Labute approximate surface area is 130 Å². The lowest BCUT2D eigenvalue weighted by Crippen LogP contribution is -2.26. The van der Waals surface area contributed by atoms with Gasteiger partial charge in [-0.15, -0.1) is 0 Å². The number of amides is 1. The quantitative estimate of drug-likeness (QED) is 0.833. The second-order valence-corrected chi connectivity index (χ2v) is 5.25. The highest BCUT2D eigenvalue weighted by molar-refractivity contribution is 5.91. The van der Waals surface area contributed by atoms with Crippen molar-refractivity contribution in [2.24, 2.45) is 0 Å². The molecule has 0 atom stereocenters. The molecule has 1 heterocycles. The van der Waals surface area contributed by atoms with Crippen molar-refractivity contribution < 1.29 is 9.53 Å². The number of ether oxygens (including phenoxy) is 1. The van der Waals surface area contributed by atoms with E-state index < -0.39 is 0 Å². The molecule has 0 unspecified atom stereocenters. The van der Waals surface area contributed by atoms with E-state index in [0.29, 0.717) is 18.8 Å². The van der Waals surface area contributed by atoms with Crippen molar-refractivity contribution >= 4 is 5.91 Å². The number of rotatable bonds is 6. The fourth-order valence-corrected chi connectivity index (χ4v) is 2.11. The van der Waals surface area contributed by atoms with Gasteiger partial charge < -0.3 is 10.1 Å². The van der Waals surface area contributed by atoms with Gasteiger partial charge in [0.15, 0.2) is 0 Å². The molecule has 1 aromatic heterocycles. The van der Waals surface area contributed by atoms with E-state index in [-0.39, 0.29) is 5.91 Å². The van der Waals surface area contributed by atoms with Crippen molar-refractivity contribution in [2.75, 3.05) is 13.2 Å². The molecule has 0 bridgehead atoms. The largest absolute Gasteiger partial charge is 0.493 e. The van der Waals surface area contributed by atoms with Crippen LogP contribution in [0, 0.1) is 20.8 Å². The van der Waals surface area contributed by atoms with Crippen molar-refractivity contribution in [1.82, 2.24) is 15.3 Å². The van der Waals surface area contributed by atoms with E-state index in [0.717, 1.165) is 17.7 Å². The third kappa shape index (κ3) is 4.28. The second-order valence-electron chi connectivity index (χ2n) is 5.25. The van der Waals surface area contributed by atoms with Gasteiger partial charge in [-0.25, -0.2) is 4.98 Å². The SMILES string of the molecule is Cc1cc(C)c(C)c(OCCCNC(=O)c2cnccn2)c1. The lowest BCUT2D eigenvalue weighted by atomic mass is 10.1. The number of aromatic nitrogens is 2. The van der Waals surface area contributed by atoms with E-state index in [1.165, 1.54) is 29.7 Å². The molecule has 2 rings (SSSR count). The van der Waals surface area contributed by atoms with Crippen molar-refractivity contribution in [3.8, 4) is 5.75 Å². The fourth-order valence-electron chi connectivity index (χ4n) is 2.11. The van der Waals surface area contributed by atoms with Crippen LogP contribution in [0.3, 0.4) is 0 Å². The first-order valence-electron chi connectivity index (χ1n) is 7.33. The van der Waals surface area contributed by atoms with E-state index in [1.807, 2.05) is 6.07 Å². The number of benzene rings is 1. The molecule has 0 saturated heterocycles. The summed E-state index contributed by atoms with van der Waals surface area (Å²) in [6, 6.07) is 4.18. The Balaban J connectivity index is 1.75. The molecule has 0 aliphatic carbocycles. The van der Waals surface area contributed by atoms with Gasteiger partial charge in [-0.2, -0.15) is 0 Å². The number of nitrogens with one attached hydrogen (secondary N) is 1. The summed E-state index contributed by atoms with van der Waals surface area (Å²) in [7, 11) is 0. The molecule has 0 aliphatic rings. The van der Waals surface area contributed by atoms with Crippen LogP contribution in [-0.4, -0.2) is 29.0 Å². The summed E-state index contributed by atoms with van der Waals surface area (Å²) >= 11 is 0. The van der Waals surface area contributed by atoms with Crippen LogP contribution in [0.15, 0.2) is 30.7 Å². The minimum Gasteiger partial charge on any atom is -0.493 e. The van der Waals surface area contributed by atoms with Gasteiger partial charge in [0.1, 0.15) is 11.4 Å². The third-order valence-corrected chi connectivity index (χ3v) is 3.42. The van der Waals surface area contributed by atoms with Crippen LogP contribution in [0.2, 0.25) is 0 Å². The molecular formula is C17H21N3O2. The second kappa shape index (κ2) is 7.54. The molecule has 1 amide bonds. The highest BCUT2D eigenvalue weighted by Crippen LogP contribution is 2.23. The molecule has 0 fully saturated rings. The average molecular weight is 299 g/mol. The molecule has 5 nitrogen and oxygen atoms in total. The van der Waals surface area contributed by atoms with Gasteiger partial charge in [-0.3, -0.25) is 9.78 Å². The minimum absolute atomic E-state index is 0.212. The smallest absolute Gasteiger partial charge is 0.271 e. The standard InChI is InChI=1S/C17H21N3O2/c1-12-9-13(2)14(3)16(10-12)22-8-4-5-20-17(21)15-11-18-6-7-19-15/h6-7,9-11H,4-5,8H2,1-3H3,(H,20,21). The number of carbonyl (C=O) groups excluding carboxylic acids is 1. The summed E-state index contributed by atoms with van der Waals surface area (Å²) in [5.74, 6) is 0.702. The summed E-state index contributed by atoms with van der Waals surface area (Å²) in [5, 5.41) is 2.80. The van der Waals surface area contributed by atoms with Gasteiger partial charge in [0.25, 0.3) is 5.91 Å². The zero-order valence-corrected chi connectivity index (χ0v) is 13.2. The molecule has 1 aromatic carbocycles. The van der Waals surface area contributed by atoms with E-state index in [9.17, 15) is 4.79 Å². The Morgan fingerprint density at radius 3 is 2.77 bits per heavy atom. The normalized spacial score (nSPS) is 10.3. The monoisotopic (exact) mass is 299 g/mol. The molecule has 116 valence electrons. The van der Waals surface area contributed by atoms with Crippen LogP contribution in [0.1, 0.15) is 33.6 Å². The van der Waals surface area contributed by atoms with Crippen LogP contribution in [0.25, 0.3) is 0 Å². The Morgan fingerprint density at radius 1 is 1.23 bits per heavy atom. The maximum absolute atomic E-state index is 11.8. The zero-order valence-electron chi connectivity index (χ0n) is 13.2. The Bertz CT molecular complexity index is 642. The lowest BCUT2D eigenvalue weighted by molar-refractivity contribution is 0.0946. The predicted molar refractivity (Wildman–Crippen MR) is 85.1 cm³/mol. The Kier molecular flexibility index (Phi) is 5.47. The van der Waals surface area contributed by atoms with Crippen LogP contribution in [-0.2, 0) is 0 Å². The summed E-state index contributed by atoms with van der Waals surface area (Å²) in [4.78, 5) is 19.6. The van der Waals surface area contributed by atoms with Gasteiger partial charge in [-0.1, -0.05) is 6.07 Å². The topological polar surface area (TPSA) is 64.1 Å². The van der Waals surface area contributed by atoms with Gasteiger partial charge in [0.05, 0.1) is 12.8 Å². The number of aryl methyl sites for hydroxylation is 2. The first-order chi connectivity index (χ1) is 10.6. The van der Waals surface area contributed by atoms with Crippen molar-refractivity contribution in [3.05, 3.63) is 53.1 Å². The predicted octanol–water partition coefficient (Wildman–Crippen LogP) is 2.60. The van der Waals surface area contributed by atoms with Crippen LogP contribution in [0.5, 0.6) is 5.75 Å². The molecule has 2 aromatic rings. The molecule has 1 N–H and O–H groups in total. The summed E-state index contributed by atoms with van der Waals surface area (Å²) in [5.41, 5.74) is 3.91. The molecule has 0 aliphatic heterocycles. The van der Waals surface area contributed by atoms with E-state index >= 15 is 0 Å². The summed E-state index contributed by atoms with van der Waals surface area (Å²) in [6.45, 7) is 7.29. The highest BCUT2D eigenvalue weighted by Gasteiger charge is 2.06. The number of carbonyl (C=O) groups is 1. The summed E-state index contributed by atoms with van der Waals surface area (Å²) < 4.78 is 5.81. The molecule has 0 radical (unpaired) electrons. The van der Waals surface area contributed by atoms with E-state index in [4.69, 9.17) is 4.74 Å². The first kappa shape index (κ1) is 15.9. The van der Waals surface area contributed by atoms with E-state index in [1.54, 1.807) is 0 Å². The highest BCUT2D eigenvalue weighted by atomic mass is 16.5. The van der Waals surface area contributed by atoms with Crippen molar-refractivity contribution in [3.63, 3.8) is 0 Å². The number of hydrogen-bond donors (Lipinski definition) is 1. The summed E-state index contributed by atoms with van der Waals surface area (Å²) in [6.07, 6.45) is 5.22. The van der Waals surface area contributed by atoms with Gasteiger partial charge in [0.2, 0.25) is 0 Å². The van der Waals surface area contributed by atoms with Crippen molar-refractivity contribution in [1.29, 1.82) is 0 Å². The Morgan fingerprint density at radius 2 is 2.05 bits per heavy atom. The van der Waals surface area contributed by atoms with Crippen molar-refractivity contribution in [2.45, 2.75) is 27.2 Å².